The maximum Gasteiger partial charge on any atom is 0.315 e. The van der Waals surface area contributed by atoms with Gasteiger partial charge in [-0.25, -0.2) is 4.79 Å². The SMILES string of the molecule is COc1ccccc1CNC(=O)NC(C)CN1CCCC(C)C1. The Morgan fingerprint density at radius 2 is 2.22 bits per heavy atom. The number of piperidine rings is 1. The topological polar surface area (TPSA) is 53.6 Å². The molecular weight excluding hydrogens is 290 g/mol. The van der Waals surface area contributed by atoms with E-state index in [1.54, 1.807) is 7.11 Å². The highest BCUT2D eigenvalue weighted by atomic mass is 16.5. The number of rotatable bonds is 6. The van der Waals surface area contributed by atoms with Crippen molar-refractivity contribution in [2.45, 2.75) is 39.3 Å². The predicted molar refractivity (Wildman–Crippen MR) is 92.7 cm³/mol. The first-order valence-corrected chi connectivity index (χ1v) is 8.47. The fourth-order valence-corrected chi connectivity index (χ4v) is 3.18. The molecule has 1 fully saturated rings. The molecule has 2 amide bonds. The first-order chi connectivity index (χ1) is 11.1. The lowest BCUT2D eigenvalue weighted by molar-refractivity contribution is 0.169. The molecule has 1 aliphatic rings. The number of nitrogens with one attached hydrogen (secondary N) is 2. The zero-order valence-corrected chi connectivity index (χ0v) is 14.5. The Bertz CT molecular complexity index is 507. The number of ether oxygens (including phenoxy) is 1. The standard InChI is InChI=1S/C18H29N3O2/c1-14-7-6-10-21(12-14)13-15(2)20-18(22)19-11-16-8-4-5-9-17(16)23-3/h4-5,8-9,14-15H,6-7,10-13H2,1-3H3,(H2,19,20,22). The minimum Gasteiger partial charge on any atom is -0.496 e. The van der Waals surface area contributed by atoms with E-state index in [0.29, 0.717) is 6.54 Å². The first-order valence-electron chi connectivity index (χ1n) is 8.47. The summed E-state index contributed by atoms with van der Waals surface area (Å²) in [6.45, 7) is 8.00. The van der Waals surface area contributed by atoms with Crippen LogP contribution in [0.2, 0.25) is 0 Å². The Hall–Kier alpha value is -1.75. The van der Waals surface area contributed by atoms with Gasteiger partial charge in [-0.2, -0.15) is 0 Å². The molecule has 1 aromatic rings. The monoisotopic (exact) mass is 319 g/mol. The molecule has 1 aromatic carbocycles. The second-order valence-electron chi connectivity index (χ2n) is 6.55. The Labute approximate surface area is 139 Å². The van der Waals surface area contributed by atoms with Crippen LogP contribution >= 0.6 is 0 Å². The highest BCUT2D eigenvalue weighted by molar-refractivity contribution is 5.74. The normalized spacial score (nSPS) is 19.9. The van der Waals surface area contributed by atoms with Crippen molar-refractivity contribution in [3.63, 3.8) is 0 Å². The predicted octanol–water partition coefficient (Wildman–Crippen LogP) is 2.61. The summed E-state index contributed by atoms with van der Waals surface area (Å²) in [5.41, 5.74) is 0.975. The van der Waals surface area contributed by atoms with E-state index in [1.807, 2.05) is 24.3 Å². The number of carbonyl (C=O) groups is 1. The van der Waals surface area contributed by atoms with Crippen molar-refractivity contribution < 1.29 is 9.53 Å². The van der Waals surface area contributed by atoms with E-state index in [2.05, 4.69) is 29.4 Å². The van der Waals surface area contributed by atoms with E-state index in [-0.39, 0.29) is 12.1 Å². The second kappa shape index (κ2) is 8.77. The number of para-hydroxylation sites is 1. The number of methoxy groups -OCH3 is 1. The van der Waals surface area contributed by atoms with Crippen LogP contribution in [0.15, 0.2) is 24.3 Å². The van der Waals surface area contributed by atoms with Crippen LogP contribution in [0.25, 0.3) is 0 Å². The molecule has 1 saturated heterocycles. The Morgan fingerprint density at radius 1 is 1.43 bits per heavy atom. The first kappa shape index (κ1) is 17.6. The molecule has 2 rings (SSSR count). The van der Waals surface area contributed by atoms with Gasteiger partial charge in [-0.05, 0) is 38.3 Å². The summed E-state index contributed by atoms with van der Waals surface area (Å²) in [5, 5.41) is 5.92. The summed E-state index contributed by atoms with van der Waals surface area (Å²) < 4.78 is 5.29. The molecule has 0 spiro atoms. The number of nitrogens with zero attached hydrogens (tertiary/aromatic N) is 1. The third-order valence-corrected chi connectivity index (χ3v) is 4.28. The Balaban J connectivity index is 1.73. The smallest absolute Gasteiger partial charge is 0.315 e. The third-order valence-electron chi connectivity index (χ3n) is 4.28. The van der Waals surface area contributed by atoms with Crippen molar-refractivity contribution in [3.8, 4) is 5.75 Å². The van der Waals surface area contributed by atoms with E-state index in [0.717, 1.165) is 36.9 Å². The summed E-state index contributed by atoms with van der Waals surface area (Å²) in [6.07, 6.45) is 2.57. The minimum absolute atomic E-state index is 0.131. The van der Waals surface area contributed by atoms with Crippen LogP contribution in [0.1, 0.15) is 32.3 Å². The van der Waals surface area contributed by atoms with E-state index < -0.39 is 0 Å². The Kier molecular flexibility index (Phi) is 6.71. The molecule has 2 unspecified atom stereocenters. The molecule has 0 saturated carbocycles. The van der Waals surface area contributed by atoms with Crippen molar-refractivity contribution in [1.29, 1.82) is 0 Å². The fraction of sp³-hybridized carbons (Fsp3) is 0.611. The van der Waals surface area contributed by atoms with Gasteiger partial charge in [-0.3, -0.25) is 0 Å². The number of benzene rings is 1. The molecule has 5 heteroatoms. The maximum absolute atomic E-state index is 12.1. The van der Waals surface area contributed by atoms with Crippen LogP contribution in [-0.4, -0.2) is 43.7 Å². The van der Waals surface area contributed by atoms with Gasteiger partial charge in [-0.1, -0.05) is 25.1 Å². The van der Waals surface area contributed by atoms with Gasteiger partial charge in [0.2, 0.25) is 0 Å². The molecule has 0 aromatic heterocycles. The molecule has 1 aliphatic heterocycles. The van der Waals surface area contributed by atoms with Crippen LogP contribution in [-0.2, 0) is 6.54 Å². The van der Waals surface area contributed by atoms with Gasteiger partial charge < -0.3 is 20.3 Å². The lowest BCUT2D eigenvalue weighted by atomic mass is 10.00. The quantitative estimate of drug-likeness (QED) is 0.847. The lowest BCUT2D eigenvalue weighted by Crippen LogP contribution is -2.47. The van der Waals surface area contributed by atoms with Crippen LogP contribution in [0, 0.1) is 5.92 Å². The maximum atomic E-state index is 12.1. The van der Waals surface area contributed by atoms with Gasteiger partial charge in [0.25, 0.3) is 0 Å². The average Bonchev–Trinajstić information content (AvgIpc) is 2.53. The largest absolute Gasteiger partial charge is 0.496 e. The number of amides is 2. The molecule has 128 valence electrons. The average molecular weight is 319 g/mol. The summed E-state index contributed by atoms with van der Waals surface area (Å²) in [6, 6.07) is 7.72. The fourth-order valence-electron chi connectivity index (χ4n) is 3.18. The molecule has 23 heavy (non-hydrogen) atoms. The van der Waals surface area contributed by atoms with Gasteiger partial charge in [0.1, 0.15) is 5.75 Å². The van der Waals surface area contributed by atoms with Gasteiger partial charge >= 0.3 is 6.03 Å². The van der Waals surface area contributed by atoms with Crippen molar-refractivity contribution in [1.82, 2.24) is 15.5 Å². The number of urea groups is 1. The van der Waals surface area contributed by atoms with Gasteiger partial charge in [0.05, 0.1) is 7.11 Å². The van der Waals surface area contributed by atoms with E-state index in [4.69, 9.17) is 4.74 Å². The number of hydrogen-bond acceptors (Lipinski definition) is 3. The highest BCUT2D eigenvalue weighted by Crippen LogP contribution is 2.17. The highest BCUT2D eigenvalue weighted by Gasteiger charge is 2.18. The van der Waals surface area contributed by atoms with Crippen LogP contribution < -0.4 is 15.4 Å². The number of likely N-dealkylation sites (tertiary alicyclic amines) is 1. The zero-order valence-electron chi connectivity index (χ0n) is 14.5. The van der Waals surface area contributed by atoms with Crippen LogP contribution in [0.5, 0.6) is 5.75 Å². The summed E-state index contributed by atoms with van der Waals surface area (Å²) in [5.74, 6) is 1.55. The van der Waals surface area contributed by atoms with Crippen molar-refractivity contribution in [2.24, 2.45) is 5.92 Å². The lowest BCUT2D eigenvalue weighted by Gasteiger charge is -2.32. The summed E-state index contributed by atoms with van der Waals surface area (Å²) >= 11 is 0. The minimum atomic E-state index is -0.131. The van der Waals surface area contributed by atoms with Gasteiger partial charge in [0.15, 0.2) is 0 Å². The van der Waals surface area contributed by atoms with Crippen LogP contribution in [0.4, 0.5) is 4.79 Å². The molecule has 1 heterocycles. The zero-order chi connectivity index (χ0) is 16.7. The van der Waals surface area contributed by atoms with E-state index in [1.165, 1.54) is 12.8 Å². The molecular formula is C18H29N3O2. The third kappa shape index (κ3) is 5.75. The Morgan fingerprint density at radius 3 is 2.96 bits per heavy atom. The summed E-state index contributed by atoms with van der Waals surface area (Å²) in [4.78, 5) is 14.5. The van der Waals surface area contributed by atoms with E-state index in [9.17, 15) is 4.79 Å². The molecule has 5 nitrogen and oxygen atoms in total. The summed E-state index contributed by atoms with van der Waals surface area (Å²) in [7, 11) is 1.64. The molecule has 0 bridgehead atoms. The molecule has 2 atom stereocenters. The number of carbonyl (C=O) groups excluding carboxylic acids is 1. The second-order valence-corrected chi connectivity index (χ2v) is 6.55. The van der Waals surface area contributed by atoms with Gasteiger partial charge in [0, 0.05) is 31.2 Å². The van der Waals surface area contributed by atoms with E-state index >= 15 is 0 Å². The molecule has 0 aliphatic carbocycles. The van der Waals surface area contributed by atoms with Crippen molar-refractivity contribution >= 4 is 6.03 Å². The molecule has 0 radical (unpaired) electrons. The molecule has 2 N–H and O–H groups in total. The number of hydrogen-bond donors (Lipinski definition) is 2. The van der Waals surface area contributed by atoms with Crippen molar-refractivity contribution in [2.75, 3.05) is 26.7 Å². The van der Waals surface area contributed by atoms with Crippen LogP contribution in [0.3, 0.4) is 0 Å². The van der Waals surface area contributed by atoms with Gasteiger partial charge in [-0.15, -0.1) is 0 Å². The van der Waals surface area contributed by atoms with Crippen molar-refractivity contribution in [3.05, 3.63) is 29.8 Å².